The molecule has 1 N–H and O–H groups in total. The molecule has 0 aromatic heterocycles. The summed E-state index contributed by atoms with van der Waals surface area (Å²) < 4.78 is 51.8. The first-order valence-electron chi connectivity index (χ1n) is 9.96. The van der Waals surface area contributed by atoms with E-state index in [9.17, 15) is 23.2 Å². The van der Waals surface area contributed by atoms with Crippen molar-refractivity contribution in [1.82, 2.24) is 0 Å². The molecule has 0 unspecified atom stereocenters. The molecule has 0 aliphatic carbocycles. The summed E-state index contributed by atoms with van der Waals surface area (Å²) in [5.74, 6) is 0.0498. The Kier molecular flexibility index (Phi) is 8.80. The van der Waals surface area contributed by atoms with Gasteiger partial charge in [-0.05, 0) is 70.6 Å². The van der Waals surface area contributed by atoms with Crippen molar-refractivity contribution in [3.05, 3.63) is 91.0 Å². The zero-order valence-electron chi connectivity index (χ0n) is 18.1. The molecule has 3 rings (SSSR count). The SMILES string of the molecule is COc1cc(/C=C(\C#N)C(=O)Nc2cccc(C(F)(F)F)c2)cc(I)c1OCc1ccccc1Br. The van der Waals surface area contributed by atoms with Gasteiger partial charge in [-0.1, -0.05) is 40.2 Å². The quantitative estimate of drug-likeness (QED) is 0.166. The summed E-state index contributed by atoms with van der Waals surface area (Å²) in [7, 11) is 1.47. The van der Waals surface area contributed by atoms with E-state index in [-0.39, 0.29) is 17.9 Å². The molecule has 0 bridgehead atoms. The number of rotatable bonds is 7. The summed E-state index contributed by atoms with van der Waals surface area (Å²) >= 11 is 5.53. The number of ether oxygens (including phenoxy) is 2. The van der Waals surface area contributed by atoms with Crippen LogP contribution in [0.4, 0.5) is 18.9 Å². The summed E-state index contributed by atoms with van der Waals surface area (Å²) in [5, 5.41) is 11.8. The van der Waals surface area contributed by atoms with Crippen LogP contribution in [0, 0.1) is 14.9 Å². The first-order valence-corrected chi connectivity index (χ1v) is 11.8. The van der Waals surface area contributed by atoms with E-state index in [0.717, 1.165) is 22.2 Å². The molecule has 0 radical (unpaired) electrons. The van der Waals surface area contributed by atoms with Gasteiger partial charge in [-0.15, -0.1) is 0 Å². The molecule has 3 aromatic carbocycles. The highest BCUT2D eigenvalue weighted by atomic mass is 127. The zero-order valence-corrected chi connectivity index (χ0v) is 21.9. The van der Waals surface area contributed by atoms with E-state index in [2.05, 4.69) is 43.8 Å². The fourth-order valence-electron chi connectivity index (χ4n) is 3.02. The van der Waals surface area contributed by atoms with Gasteiger partial charge in [0.15, 0.2) is 11.5 Å². The molecule has 0 aliphatic heterocycles. The number of nitrogens with one attached hydrogen (secondary N) is 1. The average molecular weight is 657 g/mol. The summed E-state index contributed by atoms with van der Waals surface area (Å²) in [6.45, 7) is 0.284. The normalized spacial score (nSPS) is 11.5. The maximum atomic E-state index is 12.9. The average Bonchev–Trinajstić information content (AvgIpc) is 2.82. The van der Waals surface area contributed by atoms with Gasteiger partial charge in [-0.25, -0.2) is 0 Å². The van der Waals surface area contributed by atoms with Gasteiger partial charge in [-0.2, -0.15) is 18.4 Å². The number of nitrogens with zero attached hydrogens (tertiary/aromatic N) is 1. The second-order valence-electron chi connectivity index (χ2n) is 7.12. The molecule has 0 saturated heterocycles. The number of amides is 1. The van der Waals surface area contributed by atoms with Gasteiger partial charge in [0.05, 0.1) is 16.2 Å². The van der Waals surface area contributed by atoms with Crippen molar-refractivity contribution in [2.75, 3.05) is 12.4 Å². The van der Waals surface area contributed by atoms with Crippen LogP contribution in [0.25, 0.3) is 6.08 Å². The van der Waals surface area contributed by atoms with E-state index < -0.39 is 17.6 Å². The van der Waals surface area contributed by atoms with Gasteiger partial charge in [0.2, 0.25) is 0 Å². The molecule has 10 heteroatoms. The lowest BCUT2D eigenvalue weighted by Gasteiger charge is -2.14. The van der Waals surface area contributed by atoms with Crippen LogP contribution in [-0.4, -0.2) is 13.0 Å². The maximum absolute atomic E-state index is 12.9. The second-order valence-corrected chi connectivity index (χ2v) is 9.13. The number of halogens is 5. The lowest BCUT2D eigenvalue weighted by atomic mass is 10.1. The minimum Gasteiger partial charge on any atom is -0.493 e. The molecule has 0 heterocycles. The summed E-state index contributed by atoms with van der Waals surface area (Å²) in [4.78, 5) is 12.6. The third kappa shape index (κ3) is 6.99. The number of methoxy groups -OCH3 is 1. The molecule has 0 spiro atoms. The van der Waals surface area contributed by atoms with E-state index in [0.29, 0.717) is 20.6 Å². The van der Waals surface area contributed by atoms with Crippen LogP contribution in [0.1, 0.15) is 16.7 Å². The molecule has 5 nitrogen and oxygen atoms in total. The number of benzene rings is 3. The van der Waals surface area contributed by atoms with E-state index in [4.69, 9.17) is 9.47 Å². The van der Waals surface area contributed by atoms with E-state index in [1.165, 1.54) is 25.3 Å². The van der Waals surface area contributed by atoms with Crippen LogP contribution in [0.5, 0.6) is 11.5 Å². The molecule has 0 saturated carbocycles. The van der Waals surface area contributed by atoms with E-state index in [1.807, 2.05) is 24.3 Å². The zero-order chi connectivity index (χ0) is 25.6. The Hall–Kier alpha value is -3.04. The molecule has 0 fully saturated rings. The molecule has 180 valence electrons. The lowest BCUT2D eigenvalue weighted by molar-refractivity contribution is -0.137. The van der Waals surface area contributed by atoms with Crippen molar-refractivity contribution in [3.8, 4) is 17.6 Å². The highest BCUT2D eigenvalue weighted by Crippen LogP contribution is 2.36. The Bertz CT molecular complexity index is 1320. The summed E-state index contributed by atoms with van der Waals surface area (Å²) in [5.41, 5.74) is 0.147. The molecule has 1 amide bonds. The minimum atomic E-state index is -4.55. The van der Waals surface area contributed by atoms with Gasteiger partial charge < -0.3 is 14.8 Å². The number of alkyl halides is 3. The molecule has 3 aromatic rings. The fourth-order valence-corrected chi connectivity index (χ4v) is 4.20. The van der Waals surface area contributed by atoms with Crippen LogP contribution in [0.15, 0.2) is 70.7 Å². The van der Waals surface area contributed by atoms with Crippen molar-refractivity contribution in [2.45, 2.75) is 12.8 Å². The number of anilines is 1. The van der Waals surface area contributed by atoms with Crippen LogP contribution in [0.2, 0.25) is 0 Å². The molecular weight excluding hydrogens is 640 g/mol. The Labute approximate surface area is 221 Å². The second kappa shape index (κ2) is 11.6. The van der Waals surface area contributed by atoms with Crippen molar-refractivity contribution >= 4 is 56.2 Å². The summed E-state index contributed by atoms with van der Waals surface area (Å²) in [6, 6.07) is 16.9. The number of carbonyl (C=O) groups excluding carboxylic acids is 1. The highest BCUT2D eigenvalue weighted by molar-refractivity contribution is 14.1. The highest BCUT2D eigenvalue weighted by Gasteiger charge is 2.30. The maximum Gasteiger partial charge on any atom is 0.416 e. The third-order valence-corrected chi connectivity index (χ3v) is 6.28. The largest absolute Gasteiger partial charge is 0.493 e. The number of hydrogen-bond acceptors (Lipinski definition) is 4. The Morgan fingerprint density at radius 3 is 2.57 bits per heavy atom. The third-order valence-electron chi connectivity index (χ3n) is 4.71. The Morgan fingerprint density at radius 2 is 1.91 bits per heavy atom. The van der Waals surface area contributed by atoms with Gasteiger partial charge in [0.1, 0.15) is 18.2 Å². The fraction of sp³-hybridized carbons (Fsp3) is 0.120. The number of hydrogen-bond donors (Lipinski definition) is 1. The molecular formula is C25H17BrF3IN2O3. The lowest BCUT2D eigenvalue weighted by Crippen LogP contribution is -2.14. The smallest absolute Gasteiger partial charge is 0.416 e. The standard InChI is InChI=1S/C25H17BrF3IN2O3/c1-34-22-11-15(10-21(30)23(22)35-14-16-5-2-3-8-20(16)26)9-17(13-31)24(33)32-19-7-4-6-18(12-19)25(27,28)29/h2-12H,14H2,1H3,(H,32,33)/b17-9+. The molecule has 35 heavy (non-hydrogen) atoms. The van der Waals surface area contributed by atoms with Crippen LogP contribution in [0.3, 0.4) is 0 Å². The topological polar surface area (TPSA) is 71.3 Å². The van der Waals surface area contributed by atoms with E-state index in [1.54, 1.807) is 18.2 Å². The minimum absolute atomic E-state index is 0.0750. The van der Waals surface area contributed by atoms with Crippen LogP contribution in [-0.2, 0) is 17.6 Å². The van der Waals surface area contributed by atoms with Crippen molar-refractivity contribution < 1.29 is 27.4 Å². The Balaban J connectivity index is 1.83. The number of nitriles is 1. The van der Waals surface area contributed by atoms with Gasteiger partial charge in [0, 0.05) is 15.7 Å². The van der Waals surface area contributed by atoms with Crippen molar-refractivity contribution in [2.24, 2.45) is 0 Å². The monoisotopic (exact) mass is 656 g/mol. The first kappa shape index (κ1) is 26.6. The number of carbonyl (C=O) groups is 1. The van der Waals surface area contributed by atoms with E-state index >= 15 is 0 Å². The van der Waals surface area contributed by atoms with Gasteiger partial charge in [0.25, 0.3) is 5.91 Å². The van der Waals surface area contributed by atoms with Crippen LogP contribution >= 0.6 is 38.5 Å². The molecule has 0 atom stereocenters. The Morgan fingerprint density at radius 1 is 1.17 bits per heavy atom. The van der Waals surface area contributed by atoms with Gasteiger partial charge in [-0.3, -0.25) is 4.79 Å². The van der Waals surface area contributed by atoms with Crippen LogP contribution < -0.4 is 14.8 Å². The van der Waals surface area contributed by atoms with Crippen molar-refractivity contribution in [1.29, 1.82) is 5.26 Å². The summed E-state index contributed by atoms with van der Waals surface area (Å²) in [6.07, 6.45) is -3.23. The van der Waals surface area contributed by atoms with Crippen molar-refractivity contribution in [3.63, 3.8) is 0 Å². The van der Waals surface area contributed by atoms with Gasteiger partial charge >= 0.3 is 6.18 Å². The first-order chi connectivity index (χ1) is 16.6. The predicted molar refractivity (Wildman–Crippen MR) is 138 cm³/mol. The predicted octanol–water partition coefficient (Wildman–Crippen LogP) is 7.21. The molecule has 0 aliphatic rings.